The van der Waals surface area contributed by atoms with Crippen molar-refractivity contribution in [3.05, 3.63) is 134 Å². The lowest BCUT2D eigenvalue weighted by atomic mass is 9.79. The van der Waals surface area contributed by atoms with E-state index in [1.54, 1.807) is 0 Å². The molecule has 47 heavy (non-hydrogen) atoms. The molecule has 0 heterocycles. The molecule has 0 radical (unpaired) electrons. The van der Waals surface area contributed by atoms with Gasteiger partial charge in [0.25, 0.3) is 5.69 Å². The molecule has 0 aliphatic carbocycles. The summed E-state index contributed by atoms with van der Waals surface area (Å²) in [4.78, 5) is 23.3. The Hall–Kier alpha value is -5.12. The van der Waals surface area contributed by atoms with Crippen molar-refractivity contribution in [2.75, 3.05) is 0 Å². The number of nitro benzene ring substituents is 1. The molecule has 0 saturated heterocycles. The van der Waals surface area contributed by atoms with Crippen molar-refractivity contribution in [3.8, 4) is 34.5 Å². The van der Waals surface area contributed by atoms with E-state index >= 15 is 0 Å². The minimum absolute atomic E-state index is 0.0440. The molecule has 0 amide bonds. The van der Waals surface area contributed by atoms with E-state index < -0.39 is 10.9 Å². The highest BCUT2D eigenvalue weighted by molar-refractivity contribution is 6.30. The standard InChI is InChI=1S/C40H36ClNO5/c1-39(2,3)30-21-26(22-31(24-30)40(4,5)6)25-46-37-19-11-28-7-8-29(27-9-12-32(41)13-10-27)23-36(28)35(37)18-20-38(43)47-34-16-14-33(15-17-34)42(44)45/h7-17,19,21-24H,25H2,1-6H3. The number of carbonyl (C=O) groups is 1. The number of nitrogens with zero attached hydrogens (tertiary/aromatic N) is 1. The average molecular weight is 646 g/mol. The maximum Gasteiger partial charge on any atom is 0.390 e. The van der Waals surface area contributed by atoms with Crippen LogP contribution in [0.4, 0.5) is 5.69 Å². The molecule has 0 aliphatic heterocycles. The molecule has 0 unspecified atom stereocenters. The number of esters is 1. The van der Waals surface area contributed by atoms with Gasteiger partial charge in [0.15, 0.2) is 0 Å². The molecular formula is C40H36ClNO5. The van der Waals surface area contributed by atoms with Gasteiger partial charge in [-0.3, -0.25) is 10.1 Å². The summed E-state index contributed by atoms with van der Waals surface area (Å²) in [5.74, 6) is 5.50. The van der Waals surface area contributed by atoms with Crippen LogP contribution in [0.3, 0.4) is 0 Å². The molecule has 238 valence electrons. The minimum Gasteiger partial charge on any atom is -0.488 e. The number of ether oxygens (including phenoxy) is 2. The van der Waals surface area contributed by atoms with Crippen LogP contribution in [0, 0.1) is 22.0 Å². The molecule has 6 nitrogen and oxygen atoms in total. The van der Waals surface area contributed by atoms with Crippen LogP contribution in [-0.4, -0.2) is 10.9 Å². The predicted molar refractivity (Wildman–Crippen MR) is 188 cm³/mol. The van der Waals surface area contributed by atoms with Gasteiger partial charge in [-0.15, -0.1) is 0 Å². The zero-order valence-corrected chi connectivity index (χ0v) is 28.1. The van der Waals surface area contributed by atoms with Crippen molar-refractivity contribution >= 4 is 34.0 Å². The van der Waals surface area contributed by atoms with E-state index in [4.69, 9.17) is 21.1 Å². The van der Waals surface area contributed by atoms with E-state index in [2.05, 4.69) is 71.6 Å². The second-order valence-corrected chi connectivity index (χ2v) is 13.9. The Labute approximate surface area is 280 Å². The lowest BCUT2D eigenvalue weighted by molar-refractivity contribution is -0.384. The summed E-state index contributed by atoms with van der Waals surface area (Å²) in [5.41, 5.74) is 5.77. The lowest BCUT2D eigenvalue weighted by Gasteiger charge is -2.26. The van der Waals surface area contributed by atoms with E-state index in [1.165, 1.54) is 35.4 Å². The van der Waals surface area contributed by atoms with Crippen molar-refractivity contribution in [1.29, 1.82) is 0 Å². The summed E-state index contributed by atoms with van der Waals surface area (Å²) in [7, 11) is 0. The van der Waals surface area contributed by atoms with Gasteiger partial charge >= 0.3 is 5.97 Å². The molecule has 5 aromatic rings. The van der Waals surface area contributed by atoms with Gasteiger partial charge in [0.1, 0.15) is 18.1 Å². The Morgan fingerprint density at radius 2 is 1.38 bits per heavy atom. The first-order valence-electron chi connectivity index (χ1n) is 15.3. The number of hydrogen-bond donors (Lipinski definition) is 0. The van der Waals surface area contributed by atoms with Crippen molar-refractivity contribution in [2.24, 2.45) is 0 Å². The van der Waals surface area contributed by atoms with Gasteiger partial charge in [-0.2, -0.15) is 0 Å². The highest BCUT2D eigenvalue weighted by Crippen LogP contribution is 2.34. The third kappa shape index (κ3) is 8.19. The zero-order valence-electron chi connectivity index (χ0n) is 27.3. The summed E-state index contributed by atoms with van der Waals surface area (Å²) in [6.45, 7) is 13.5. The number of fused-ring (bicyclic) bond motifs is 1. The summed E-state index contributed by atoms with van der Waals surface area (Å²) in [6.07, 6.45) is 0. The minimum atomic E-state index is -0.802. The van der Waals surface area contributed by atoms with E-state index in [0.717, 1.165) is 27.5 Å². The van der Waals surface area contributed by atoms with E-state index in [9.17, 15) is 14.9 Å². The maximum absolute atomic E-state index is 12.8. The fourth-order valence-corrected chi connectivity index (χ4v) is 5.18. The monoisotopic (exact) mass is 645 g/mol. The topological polar surface area (TPSA) is 78.7 Å². The normalized spacial score (nSPS) is 11.5. The van der Waals surface area contributed by atoms with Gasteiger partial charge in [-0.25, -0.2) is 4.79 Å². The SMILES string of the molecule is CC(C)(C)c1cc(COc2ccc3ccc(-c4ccc(Cl)cc4)cc3c2C#CC(=O)Oc2ccc([N+](=O)[O-])cc2)cc(C(C)(C)C)c1. The zero-order chi connectivity index (χ0) is 33.9. The number of benzene rings is 5. The molecule has 0 N–H and O–H groups in total. The number of nitro groups is 1. The molecule has 0 fully saturated rings. The van der Waals surface area contributed by atoms with Crippen molar-refractivity contribution in [1.82, 2.24) is 0 Å². The van der Waals surface area contributed by atoms with E-state index in [1.807, 2.05) is 54.6 Å². The Morgan fingerprint density at radius 1 is 0.787 bits per heavy atom. The molecule has 5 rings (SSSR count). The Morgan fingerprint density at radius 3 is 1.98 bits per heavy atom. The van der Waals surface area contributed by atoms with Gasteiger partial charge in [0.2, 0.25) is 0 Å². The Balaban J connectivity index is 1.54. The summed E-state index contributed by atoms with van der Waals surface area (Å²) < 4.78 is 11.8. The Bertz CT molecular complexity index is 1990. The van der Waals surface area contributed by atoms with Crippen LogP contribution in [0.15, 0.2) is 97.1 Å². The lowest BCUT2D eigenvalue weighted by Crippen LogP contribution is -2.17. The highest BCUT2D eigenvalue weighted by Gasteiger charge is 2.21. The molecule has 0 spiro atoms. The molecule has 0 bridgehead atoms. The predicted octanol–water partition coefficient (Wildman–Crippen LogP) is 10.2. The van der Waals surface area contributed by atoms with Crippen LogP contribution in [0.5, 0.6) is 11.5 Å². The molecule has 0 aromatic heterocycles. The fourth-order valence-electron chi connectivity index (χ4n) is 5.06. The van der Waals surface area contributed by atoms with Crippen molar-refractivity contribution in [3.63, 3.8) is 0 Å². The van der Waals surface area contributed by atoms with Gasteiger partial charge in [0, 0.05) is 28.5 Å². The average Bonchev–Trinajstić information content (AvgIpc) is 3.02. The van der Waals surface area contributed by atoms with Crippen LogP contribution < -0.4 is 9.47 Å². The number of halogens is 1. The molecule has 0 atom stereocenters. The van der Waals surface area contributed by atoms with E-state index in [-0.39, 0.29) is 22.3 Å². The summed E-state index contributed by atoms with van der Waals surface area (Å²) in [6, 6.07) is 29.4. The van der Waals surface area contributed by atoms with Gasteiger partial charge in [-0.05, 0) is 80.4 Å². The fraction of sp³-hybridized carbons (Fsp3) is 0.225. The molecule has 7 heteroatoms. The maximum atomic E-state index is 12.8. The van der Waals surface area contributed by atoms with Crippen LogP contribution in [0.2, 0.25) is 5.02 Å². The Kier molecular flexibility index (Phi) is 9.42. The number of hydrogen-bond acceptors (Lipinski definition) is 5. The first-order valence-corrected chi connectivity index (χ1v) is 15.6. The first-order chi connectivity index (χ1) is 22.2. The van der Waals surface area contributed by atoms with Gasteiger partial charge in [0.05, 0.1) is 10.5 Å². The number of carbonyl (C=O) groups excluding carboxylic acids is 1. The molecule has 5 aromatic carbocycles. The second kappa shape index (κ2) is 13.3. The van der Waals surface area contributed by atoms with Gasteiger partial charge < -0.3 is 9.47 Å². The third-order valence-corrected chi connectivity index (χ3v) is 8.08. The highest BCUT2D eigenvalue weighted by atomic mass is 35.5. The summed E-state index contributed by atoms with van der Waals surface area (Å²) in [5, 5.41) is 13.4. The second-order valence-electron chi connectivity index (χ2n) is 13.5. The van der Waals surface area contributed by atoms with Crippen LogP contribution in [0.25, 0.3) is 21.9 Å². The van der Waals surface area contributed by atoms with Crippen molar-refractivity contribution < 1.29 is 19.2 Å². The largest absolute Gasteiger partial charge is 0.488 e. The summed E-state index contributed by atoms with van der Waals surface area (Å²) >= 11 is 6.14. The van der Waals surface area contributed by atoms with E-state index in [0.29, 0.717) is 22.9 Å². The first kappa shape index (κ1) is 33.2. The van der Waals surface area contributed by atoms with Crippen LogP contribution in [-0.2, 0) is 22.2 Å². The molecular weight excluding hydrogens is 610 g/mol. The third-order valence-electron chi connectivity index (χ3n) is 7.83. The molecule has 0 aliphatic rings. The quantitative estimate of drug-likeness (QED) is 0.0603. The van der Waals surface area contributed by atoms with Gasteiger partial charge in [-0.1, -0.05) is 108 Å². The smallest absolute Gasteiger partial charge is 0.390 e. The molecule has 0 saturated carbocycles. The number of rotatable bonds is 6. The van der Waals surface area contributed by atoms with Crippen LogP contribution in [0.1, 0.15) is 63.8 Å². The van der Waals surface area contributed by atoms with Crippen molar-refractivity contribution in [2.45, 2.75) is 59.0 Å². The van der Waals surface area contributed by atoms with Crippen LogP contribution >= 0.6 is 11.6 Å². The number of non-ortho nitro benzene ring substituents is 1.